The average Bonchev–Trinajstić information content (AvgIpc) is 3.11. The smallest absolute Gasteiger partial charge is 0.265 e. The van der Waals surface area contributed by atoms with E-state index >= 15 is 0 Å². The topological polar surface area (TPSA) is 47.6 Å². The molecule has 2 aliphatic rings. The largest absolute Gasteiger partial charge is 0.495 e. The number of fused-ring (bicyclic) bond motifs is 1. The van der Waals surface area contributed by atoms with E-state index in [-0.39, 0.29) is 12.0 Å². The second-order valence-electron chi connectivity index (χ2n) is 5.42. The zero-order valence-electron chi connectivity index (χ0n) is 11.9. The highest BCUT2D eigenvalue weighted by molar-refractivity contribution is 7.14. The quantitative estimate of drug-likeness (QED) is 0.928. The molecule has 20 heavy (non-hydrogen) atoms. The summed E-state index contributed by atoms with van der Waals surface area (Å²) < 4.78 is 11.0. The highest BCUT2D eigenvalue weighted by atomic mass is 32.1. The molecular weight excluding hydrogens is 274 g/mol. The van der Waals surface area contributed by atoms with Crippen molar-refractivity contribution in [2.45, 2.75) is 44.6 Å². The first-order valence-corrected chi connectivity index (χ1v) is 8.19. The average molecular weight is 295 g/mol. The second kappa shape index (κ2) is 6.14. The maximum atomic E-state index is 12.4. The van der Waals surface area contributed by atoms with Gasteiger partial charge in [-0.1, -0.05) is 0 Å². The van der Waals surface area contributed by atoms with Crippen LogP contribution in [0.4, 0.5) is 0 Å². The molecule has 1 unspecified atom stereocenters. The molecule has 0 aromatic carbocycles. The van der Waals surface area contributed by atoms with Gasteiger partial charge in [-0.15, -0.1) is 11.3 Å². The van der Waals surface area contributed by atoms with Gasteiger partial charge in [-0.2, -0.15) is 0 Å². The van der Waals surface area contributed by atoms with Gasteiger partial charge in [0, 0.05) is 23.6 Å². The van der Waals surface area contributed by atoms with Crippen LogP contribution in [0.3, 0.4) is 0 Å². The van der Waals surface area contributed by atoms with E-state index in [1.165, 1.54) is 23.3 Å². The molecule has 1 atom stereocenters. The molecule has 1 aliphatic carbocycles. The molecule has 1 fully saturated rings. The molecule has 5 heteroatoms. The summed E-state index contributed by atoms with van der Waals surface area (Å²) in [6.07, 6.45) is 6.84. The van der Waals surface area contributed by atoms with Gasteiger partial charge in [-0.25, -0.2) is 0 Å². The Kier molecular flexibility index (Phi) is 4.27. The third kappa shape index (κ3) is 2.69. The van der Waals surface area contributed by atoms with Crippen molar-refractivity contribution in [1.82, 2.24) is 5.32 Å². The predicted octanol–water partition coefficient (Wildman–Crippen LogP) is 2.54. The van der Waals surface area contributed by atoms with Crippen molar-refractivity contribution >= 4 is 17.2 Å². The van der Waals surface area contributed by atoms with Crippen LogP contribution in [0, 0.1) is 0 Å². The van der Waals surface area contributed by atoms with E-state index in [1.807, 2.05) is 0 Å². The van der Waals surface area contributed by atoms with Gasteiger partial charge in [0.2, 0.25) is 0 Å². The second-order valence-corrected chi connectivity index (χ2v) is 6.52. The van der Waals surface area contributed by atoms with Crippen LogP contribution in [-0.4, -0.2) is 32.3 Å². The molecule has 3 rings (SSSR count). The minimum Gasteiger partial charge on any atom is -0.495 e. The zero-order chi connectivity index (χ0) is 13.9. The van der Waals surface area contributed by atoms with Crippen molar-refractivity contribution < 1.29 is 14.3 Å². The van der Waals surface area contributed by atoms with E-state index in [0.717, 1.165) is 42.9 Å². The van der Waals surface area contributed by atoms with Crippen LogP contribution < -0.4 is 10.1 Å². The number of hydrogen-bond donors (Lipinski definition) is 1. The lowest BCUT2D eigenvalue weighted by molar-refractivity contribution is 0.0859. The molecule has 1 aromatic heterocycles. The molecule has 1 saturated heterocycles. The maximum absolute atomic E-state index is 12.4. The number of nitrogens with one attached hydrogen (secondary N) is 1. The predicted molar refractivity (Wildman–Crippen MR) is 78.8 cm³/mol. The molecule has 0 spiro atoms. The van der Waals surface area contributed by atoms with Gasteiger partial charge in [0.15, 0.2) is 0 Å². The van der Waals surface area contributed by atoms with Crippen molar-refractivity contribution in [2.75, 3.05) is 20.3 Å². The number of amides is 1. The minimum absolute atomic E-state index is 0.0169. The molecule has 1 aromatic rings. The van der Waals surface area contributed by atoms with Crippen LogP contribution in [-0.2, 0) is 17.6 Å². The van der Waals surface area contributed by atoms with E-state index < -0.39 is 0 Å². The third-order valence-corrected chi connectivity index (χ3v) is 5.32. The van der Waals surface area contributed by atoms with Gasteiger partial charge >= 0.3 is 0 Å². The van der Waals surface area contributed by atoms with Gasteiger partial charge < -0.3 is 14.8 Å². The van der Waals surface area contributed by atoms with Crippen LogP contribution in [0.15, 0.2) is 0 Å². The number of aryl methyl sites for hydroxylation is 1. The lowest BCUT2D eigenvalue weighted by Crippen LogP contribution is -2.31. The van der Waals surface area contributed by atoms with Gasteiger partial charge in [0.1, 0.15) is 10.6 Å². The van der Waals surface area contributed by atoms with Gasteiger partial charge in [0.25, 0.3) is 5.91 Å². The van der Waals surface area contributed by atoms with Gasteiger partial charge in [0.05, 0.1) is 13.2 Å². The first kappa shape index (κ1) is 13.9. The fraction of sp³-hybridized carbons (Fsp3) is 0.667. The van der Waals surface area contributed by atoms with E-state index in [2.05, 4.69) is 5.32 Å². The number of rotatable bonds is 4. The third-order valence-electron chi connectivity index (χ3n) is 4.05. The summed E-state index contributed by atoms with van der Waals surface area (Å²) in [7, 11) is 1.66. The summed E-state index contributed by atoms with van der Waals surface area (Å²) in [6, 6.07) is 0. The van der Waals surface area contributed by atoms with E-state index in [0.29, 0.717) is 6.54 Å². The number of carbonyl (C=O) groups excluding carboxylic acids is 1. The fourth-order valence-corrected chi connectivity index (χ4v) is 4.27. The zero-order valence-corrected chi connectivity index (χ0v) is 12.7. The molecular formula is C15H21NO3S. The summed E-state index contributed by atoms with van der Waals surface area (Å²) in [4.78, 5) is 14.4. The molecule has 1 N–H and O–H groups in total. The summed E-state index contributed by atoms with van der Waals surface area (Å²) >= 11 is 1.60. The lowest BCUT2D eigenvalue weighted by atomic mass is 9.98. The Balaban J connectivity index is 1.71. The molecule has 0 bridgehead atoms. The van der Waals surface area contributed by atoms with E-state index in [9.17, 15) is 4.79 Å². The minimum atomic E-state index is -0.0169. The van der Waals surface area contributed by atoms with Crippen molar-refractivity contribution in [3.8, 4) is 5.75 Å². The number of thiophene rings is 1. The lowest BCUT2D eigenvalue weighted by Gasteiger charge is -2.12. The Labute approximate surface area is 123 Å². The number of methoxy groups -OCH3 is 1. The Hall–Kier alpha value is -1.07. The first-order valence-electron chi connectivity index (χ1n) is 7.38. The Morgan fingerprint density at radius 3 is 3.00 bits per heavy atom. The fourth-order valence-electron chi connectivity index (χ4n) is 2.99. The van der Waals surface area contributed by atoms with Crippen molar-refractivity contribution in [1.29, 1.82) is 0 Å². The van der Waals surface area contributed by atoms with Crippen LogP contribution in [0.1, 0.15) is 45.8 Å². The number of ether oxygens (including phenoxy) is 2. The van der Waals surface area contributed by atoms with Crippen molar-refractivity contribution in [3.63, 3.8) is 0 Å². The molecule has 110 valence electrons. The summed E-state index contributed by atoms with van der Waals surface area (Å²) in [5.41, 5.74) is 1.26. The van der Waals surface area contributed by atoms with Crippen LogP contribution in [0.2, 0.25) is 0 Å². The van der Waals surface area contributed by atoms with Gasteiger partial charge in [-0.3, -0.25) is 4.79 Å². The Morgan fingerprint density at radius 1 is 1.40 bits per heavy atom. The Morgan fingerprint density at radius 2 is 2.25 bits per heavy atom. The van der Waals surface area contributed by atoms with Crippen LogP contribution in [0.25, 0.3) is 0 Å². The van der Waals surface area contributed by atoms with Crippen molar-refractivity contribution in [3.05, 3.63) is 15.3 Å². The molecule has 1 aliphatic heterocycles. The van der Waals surface area contributed by atoms with E-state index in [1.54, 1.807) is 18.4 Å². The summed E-state index contributed by atoms with van der Waals surface area (Å²) in [5, 5.41) is 2.99. The van der Waals surface area contributed by atoms with Gasteiger partial charge in [-0.05, 0) is 38.5 Å². The normalized spacial score (nSPS) is 21.6. The Bertz CT molecular complexity index is 492. The number of hydrogen-bond acceptors (Lipinski definition) is 4. The van der Waals surface area contributed by atoms with Crippen molar-refractivity contribution in [2.24, 2.45) is 0 Å². The van der Waals surface area contributed by atoms with E-state index in [4.69, 9.17) is 9.47 Å². The highest BCUT2D eigenvalue weighted by Gasteiger charge is 2.26. The molecule has 1 amide bonds. The standard InChI is InChI=1S/C15H21NO3S/c1-18-13-11-6-2-3-7-12(11)20-14(13)15(17)16-9-10-5-4-8-19-10/h10H,2-9H2,1H3,(H,16,17). The first-order chi connectivity index (χ1) is 9.79. The molecule has 0 radical (unpaired) electrons. The summed E-state index contributed by atoms with van der Waals surface area (Å²) in [5.74, 6) is 0.784. The van der Waals surface area contributed by atoms with Crippen LogP contribution in [0.5, 0.6) is 5.75 Å². The monoisotopic (exact) mass is 295 g/mol. The SMILES string of the molecule is COc1c(C(=O)NCC2CCCO2)sc2c1CCCC2. The van der Waals surface area contributed by atoms with Crippen LogP contribution >= 0.6 is 11.3 Å². The number of carbonyl (C=O) groups is 1. The molecule has 2 heterocycles. The molecule has 4 nitrogen and oxygen atoms in total. The molecule has 0 saturated carbocycles. The highest BCUT2D eigenvalue weighted by Crippen LogP contribution is 2.39. The maximum Gasteiger partial charge on any atom is 0.265 e. The summed E-state index contributed by atoms with van der Waals surface area (Å²) in [6.45, 7) is 1.42.